The van der Waals surface area contributed by atoms with E-state index in [1.165, 1.54) is 4.57 Å². The summed E-state index contributed by atoms with van der Waals surface area (Å²) in [5.74, 6) is 0.576. The third-order valence-electron chi connectivity index (χ3n) is 3.61. The van der Waals surface area contributed by atoms with Crippen molar-refractivity contribution in [3.63, 3.8) is 0 Å². The van der Waals surface area contributed by atoms with Gasteiger partial charge < -0.3 is 14.4 Å². The Kier molecular flexibility index (Phi) is 3.59. The first-order valence-corrected chi connectivity index (χ1v) is 6.90. The number of aliphatic hydroxyl groups excluding tert-OH is 1. The quantitative estimate of drug-likeness (QED) is 0.588. The van der Waals surface area contributed by atoms with Gasteiger partial charge in [0.05, 0.1) is 19.8 Å². The summed E-state index contributed by atoms with van der Waals surface area (Å²) in [7, 11) is 1.56. The molecule has 0 saturated heterocycles. The number of hydrogen-bond donors (Lipinski definition) is 2. The number of nitrogens with one attached hydrogen (secondary N) is 1. The lowest BCUT2D eigenvalue weighted by molar-refractivity contribution is 0.0872. The van der Waals surface area contributed by atoms with Crippen molar-refractivity contribution in [1.82, 2.24) is 23.5 Å². The van der Waals surface area contributed by atoms with E-state index in [-0.39, 0.29) is 13.2 Å². The molecule has 0 atom stereocenters. The molecule has 3 rings (SSSR count). The molecule has 0 aliphatic heterocycles. The van der Waals surface area contributed by atoms with Gasteiger partial charge in [-0.1, -0.05) is 0 Å². The molecule has 9 heteroatoms. The maximum Gasteiger partial charge on any atom is 0.329 e. The first-order chi connectivity index (χ1) is 10.5. The third-order valence-corrected chi connectivity index (χ3v) is 3.61. The van der Waals surface area contributed by atoms with Gasteiger partial charge in [0.2, 0.25) is 5.78 Å². The van der Waals surface area contributed by atoms with Crippen LogP contribution >= 0.6 is 0 Å². The van der Waals surface area contributed by atoms with Gasteiger partial charge in [-0.3, -0.25) is 18.7 Å². The molecular formula is C13H17N5O4. The molecule has 0 aliphatic rings. The van der Waals surface area contributed by atoms with E-state index in [9.17, 15) is 9.59 Å². The summed E-state index contributed by atoms with van der Waals surface area (Å²) in [6, 6.07) is 0. The first kappa shape index (κ1) is 14.5. The molecule has 0 aliphatic carbocycles. The Balaban J connectivity index is 2.15. The number of aryl methyl sites for hydroxylation is 2. The number of imidazole rings is 2. The lowest BCUT2D eigenvalue weighted by atomic mass is 10.5. The third kappa shape index (κ3) is 2.14. The molecule has 0 amide bonds. The van der Waals surface area contributed by atoms with Gasteiger partial charge in [0, 0.05) is 25.5 Å². The van der Waals surface area contributed by atoms with Crippen LogP contribution in [-0.4, -0.2) is 48.4 Å². The number of H-pyrrole nitrogens is 1. The van der Waals surface area contributed by atoms with Crippen molar-refractivity contribution in [2.75, 3.05) is 19.8 Å². The largest absolute Gasteiger partial charge is 0.394 e. The second-order valence-corrected chi connectivity index (χ2v) is 5.03. The fraction of sp³-hybridized carbons (Fsp3) is 0.462. The van der Waals surface area contributed by atoms with Crippen LogP contribution in [0.1, 0.15) is 5.69 Å². The molecule has 0 fully saturated rings. The summed E-state index contributed by atoms with van der Waals surface area (Å²) in [6.07, 6.45) is 1.80. The minimum atomic E-state index is -0.493. The Morgan fingerprint density at radius 1 is 1.36 bits per heavy atom. The van der Waals surface area contributed by atoms with E-state index in [1.54, 1.807) is 17.6 Å². The minimum Gasteiger partial charge on any atom is -0.394 e. The Hall–Kier alpha value is -2.39. The van der Waals surface area contributed by atoms with E-state index >= 15 is 0 Å². The molecule has 3 aromatic heterocycles. The zero-order chi connectivity index (χ0) is 15.9. The molecule has 9 nitrogen and oxygen atoms in total. The summed E-state index contributed by atoms with van der Waals surface area (Å²) in [6.45, 7) is 3.12. The van der Waals surface area contributed by atoms with E-state index in [1.807, 2.05) is 11.5 Å². The Morgan fingerprint density at radius 2 is 2.14 bits per heavy atom. The molecule has 118 valence electrons. The molecule has 0 unspecified atom stereocenters. The van der Waals surface area contributed by atoms with Crippen LogP contribution in [0.4, 0.5) is 0 Å². The van der Waals surface area contributed by atoms with Crippen LogP contribution in [0.15, 0.2) is 15.8 Å². The van der Waals surface area contributed by atoms with Crippen LogP contribution in [0.25, 0.3) is 16.9 Å². The molecule has 3 heterocycles. The molecular weight excluding hydrogens is 290 g/mol. The maximum absolute atomic E-state index is 12.1. The number of fused-ring (bicyclic) bond motifs is 3. The molecule has 0 saturated carbocycles. The second-order valence-electron chi connectivity index (χ2n) is 5.03. The fourth-order valence-electron chi connectivity index (χ4n) is 2.52. The van der Waals surface area contributed by atoms with E-state index in [0.717, 1.165) is 5.69 Å². The van der Waals surface area contributed by atoms with E-state index < -0.39 is 11.2 Å². The van der Waals surface area contributed by atoms with Gasteiger partial charge in [0.1, 0.15) is 0 Å². The smallest absolute Gasteiger partial charge is 0.329 e. The summed E-state index contributed by atoms with van der Waals surface area (Å²) in [5, 5.41) is 8.71. The summed E-state index contributed by atoms with van der Waals surface area (Å²) >= 11 is 0. The van der Waals surface area contributed by atoms with Gasteiger partial charge in [-0.25, -0.2) is 4.79 Å². The van der Waals surface area contributed by atoms with Gasteiger partial charge in [-0.2, -0.15) is 4.98 Å². The van der Waals surface area contributed by atoms with Gasteiger partial charge in [0.25, 0.3) is 5.56 Å². The van der Waals surface area contributed by atoms with Crippen molar-refractivity contribution in [2.45, 2.75) is 13.5 Å². The monoisotopic (exact) mass is 307 g/mol. The average molecular weight is 307 g/mol. The highest BCUT2D eigenvalue weighted by Crippen LogP contribution is 2.15. The number of ether oxygens (including phenoxy) is 1. The summed E-state index contributed by atoms with van der Waals surface area (Å²) in [5.41, 5.74) is 0.654. The van der Waals surface area contributed by atoms with Crippen LogP contribution in [0.3, 0.4) is 0 Å². The number of aliphatic hydroxyl groups is 1. The Morgan fingerprint density at radius 3 is 2.86 bits per heavy atom. The normalized spacial score (nSPS) is 11.8. The number of hydrogen-bond acceptors (Lipinski definition) is 5. The number of rotatable bonds is 5. The molecule has 3 aromatic rings. The van der Waals surface area contributed by atoms with Crippen molar-refractivity contribution in [3.8, 4) is 0 Å². The van der Waals surface area contributed by atoms with Gasteiger partial charge >= 0.3 is 5.69 Å². The lowest BCUT2D eigenvalue weighted by Crippen LogP contribution is -2.28. The highest BCUT2D eigenvalue weighted by atomic mass is 16.5. The van der Waals surface area contributed by atoms with Crippen LogP contribution < -0.4 is 11.2 Å². The maximum atomic E-state index is 12.1. The van der Waals surface area contributed by atoms with Crippen LogP contribution in [0.5, 0.6) is 0 Å². The number of aromatic nitrogens is 5. The fourth-order valence-corrected chi connectivity index (χ4v) is 2.52. The highest BCUT2D eigenvalue weighted by molar-refractivity contribution is 5.75. The van der Waals surface area contributed by atoms with Crippen molar-refractivity contribution in [2.24, 2.45) is 7.05 Å². The van der Waals surface area contributed by atoms with E-state index in [0.29, 0.717) is 30.1 Å². The van der Waals surface area contributed by atoms with Crippen LogP contribution in [0, 0.1) is 6.92 Å². The molecule has 0 aromatic carbocycles. The molecule has 0 radical (unpaired) electrons. The Labute approximate surface area is 124 Å². The Bertz CT molecular complexity index is 945. The van der Waals surface area contributed by atoms with E-state index in [2.05, 4.69) is 9.97 Å². The van der Waals surface area contributed by atoms with Gasteiger partial charge in [-0.15, -0.1) is 0 Å². The second kappa shape index (κ2) is 5.43. The zero-order valence-corrected chi connectivity index (χ0v) is 12.4. The van der Waals surface area contributed by atoms with E-state index in [4.69, 9.17) is 9.84 Å². The van der Waals surface area contributed by atoms with Crippen molar-refractivity contribution < 1.29 is 9.84 Å². The average Bonchev–Trinajstić information content (AvgIpc) is 2.97. The number of aromatic amines is 1. The summed E-state index contributed by atoms with van der Waals surface area (Å²) in [4.78, 5) is 30.4. The minimum absolute atomic E-state index is 0.0230. The topological polar surface area (TPSA) is 107 Å². The standard InChI is InChI=1S/C13H17N5O4/c1-8-7-18-9-10(16(2)13(21)15-11(9)20)14-12(18)17(8)3-5-22-6-4-19/h7,19H,3-6H2,1-2H3,(H,15,20,21). The van der Waals surface area contributed by atoms with Gasteiger partial charge in [-0.05, 0) is 6.92 Å². The zero-order valence-electron chi connectivity index (χ0n) is 12.4. The lowest BCUT2D eigenvalue weighted by Gasteiger charge is -2.06. The first-order valence-electron chi connectivity index (χ1n) is 6.90. The SMILES string of the molecule is Cc1cn2c3c(=O)[nH]c(=O)n(C)c3nc2n1CCOCCO. The van der Waals surface area contributed by atoms with Crippen LogP contribution in [-0.2, 0) is 18.3 Å². The molecule has 22 heavy (non-hydrogen) atoms. The van der Waals surface area contributed by atoms with Crippen molar-refractivity contribution in [1.29, 1.82) is 0 Å². The predicted molar refractivity (Wildman–Crippen MR) is 79.2 cm³/mol. The van der Waals surface area contributed by atoms with Crippen LogP contribution in [0.2, 0.25) is 0 Å². The highest BCUT2D eigenvalue weighted by Gasteiger charge is 2.16. The van der Waals surface area contributed by atoms with Gasteiger partial charge in [0.15, 0.2) is 11.2 Å². The van der Waals surface area contributed by atoms with Crippen molar-refractivity contribution in [3.05, 3.63) is 32.7 Å². The molecule has 2 N–H and O–H groups in total. The summed E-state index contributed by atoms with van der Waals surface area (Å²) < 4.78 is 10.2. The molecule has 0 spiro atoms. The van der Waals surface area contributed by atoms with Crippen molar-refractivity contribution >= 4 is 16.9 Å². The molecule has 0 bridgehead atoms. The predicted octanol–water partition coefficient (Wildman–Crippen LogP) is -1.01. The number of nitrogens with zero attached hydrogens (tertiary/aromatic N) is 4.